The van der Waals surface area contributed by atoms with Crippen molar-refractivity contribution < 1.29 is 23.9 Å². The Labute approximate surface area is 218 Å². The summed E-state index contributed by atoms with van der Waals surface area (Å²) in [5, 5.41) is 5.43. The molecule has 0 aromatic heterocycles. The monoisotopic (exact) mass is 510 g/mol. The molecule has 9 heteroatoms. The zero-order chi connectivity index (χ0) is 28.1. The Bertz CT molecular complexity index is 1150. The largest absolute Gasteiger partial charge is 0.444 e. The fraction of sp³-hybridized carbons (Fsp3) is 0.429. The highest BCUT2D eigenvalue weighted by Gasteiger charge is 2.36. The molecule has 0 aliphatic carbocycles. The second-order valence-electron chi connectivity index (χ2n) is 10.3. The third-order valence-corrected chi connectivity index (χ3v) is 5.92. The highest BCUT2D eigenvalue weighted by Crippen LogP contribution is 2.30. The Kier molecular flexibility index (Phi) is 9.44. The van der Waals surface area contributed by atoms with Gasteiger partial charge in [0.2, 0.25) is 11.8 Å². The maximum Gasteiger partial charge on any atom is 0.408 e. The minimum atomic E-state index is -1.32. The summed E-state index contributed by atoms with van der Waals surface area (Å²) >= 11 is 0. The summed E-state index contributed by atoms with van der Waals surface area (Å²) in [7, 11) is 1.47. The molecule has 0 heterocycles. The van der Waals surface area contributed by atoms with E-state index < -0.39 is 47.9 Å². The van der Waals surface area contributed by atoms with Crippen LogP contribution in [0.5, 0.6) is 0 Å². The molecular weight excluding hydrogens is 472 g/mol. The summed E-state index contributed by atoms with van der Waals surface area (Å²) < 4.78 is 5.26. The van der Waals surface area contributed by atoms with Gasteiger partial charge in [-0.05, 0) is 76.3 Å². The van der Waals surface area contributed by atoms with Crippen LogP contribution in [0.4, 0.5) is 10.5 Å². The van der Waals surface area contributed by atoms with Crippen molar-refractivity contribution >= 4 is 29.5 Å². The number of nitrogens with two attached hydrogens (primary N) is 1. The van der Waals surface area contributed by atoms with Crippen LogP contribution in [-0.2, 0) is 19.1 Å². The molecule has 4 amide bonds. The van der Waals surface area contributed by atoms with Gasteiger partial charge in [0, 0.05) is 12.7 Å². The van der Waals surface area contributed by atoms with Crippen LogP contribution < -0.4 is 16.4 Å². The van der Waals surface area contributed by atoms with Gasteiger partial charge < -0.3 is 26.0 Å². The number of amides is 4. The fourth-order valence-corrected chi connectivity index (χ4v) is 4.19. The number of benzene rings is 2. The normalized spacial score (nSPS) is 12.8. The lowest BCUT2D eigenvalue weighted by molar-refractivity contribution is -0.140. The van der Waals surface area contributed by atoms with E-state index in [1.54, 1.807) is 20.8 Å². The fourth-order valence-electron chi connectivity index (χ4n) is 4.19. The lowest BCUT2D eigenvalue weighted by Gasteiger charge is -2.33. The average Bonchev–Trinajstić information content (AvgIpc) is 2.76. The number of para-hydroxylation sites is 1. The van der Waals surface area contributed by atoms with E-state index in [0.717, 1.165) is 22.3 Å². The van der Waals surface area contributed by atoms with Gasteiger partial charge in [0.1, 0.15) is 17.7 Å². The number of carbonyl (C=O) groups excluding carboxylic acids is 4. The van der Waals surface area contributed by atoms with Crippen LogP contribution in [0.25, 0.3) is 0 Å². The maximum atomic E-state index is 13.8. The van der Waals surface area contributed by atoms with Gasteiger partial charge in [0.05, 0.1) is 6.42 Å². The third-order valence-electron chi connectivity index (χ3n) is 5.92. The minimum Gasteiger partial charge on any atom is -0.444 e. The first-order chi connectivity index (χ1) is 17.1. The van der Waals surface area contributed by atoms with E-state index in [9.17, 15) is 19.2 Å². The topological polar surface area (TPSA) is 131 Å². The highest BCUT2D eigenvalue weighted by molar-refractivity contribution is 6.00. The van der Waals surface area contributed by atoms with Crippen molar-refractivity contribution in [1.29, 1.82) is 0 Å². The molecule has 0 saturated carbocycles. The molecule has 37 heavy (non-hydrogen) atoms. The predicted octanol–water partition coefficient (Wildman–Crippen LogP) is 3.83. The Hall–Kier alpha value is -3.88. The van der Waals surface area contributed by atoms with Crippen molar-refractivity contribution in [3.63, 3.8) is 0 Å². The second kappa shape index (κ2) is 11.9. The number of rotatable bonds is 8. The van der Waals surface area contributed by atoms with Crippen molar-refractivity contribution in [2.45, 2.75) is 72.6 Å². The van der Waals surface area contributed by atoms with E-state index >= 15 is 0 Å². The van der Waals surface area contributed by atoms with Crippen LogP contribution in [-0.4, -0.2) is 47.4 Å². The Morgan fingerprint density at radius 1 is 0.919 bits per heavy atom. The van der Waals surface area contributed by atoms with Crippen LogP contribution in [0.2, 0.25) is 0 Å². The number of hydrogen-bond acceptors (Lipinski definition) is 5. The molecule has 2 rings (SSSR count). The van der Waals surface area contributed by atoms with Crippen LogP contribution in [0, 0.1) is 27.7 Å². The number of alkyl carbamates (subject to hydrolysis) is 1. The van der Waals surface area contributed by atoms with Crippen LogP contribution in [0.15, 0.2) is 36.4 Å². The Morgan fingerprint density at radius 2 is 1.41 bits per heavy atom. The number of carbonyl (C=O) groups is 4. The molecule has 0 aliphatic rings. The lowest BCUT2D eigenvalue weighted by atomic mass is 9.93. The molecule has 0 radical (unpaired) electrons. The van der Waals surface area contributed by atoms with E-state index in [2.05, 4.69) is 10.6 Å². The van der Waals surface area contributed by atoms with E-state index in [4.69, 9.17) is 10.5 Å². The minimum absolute atomic E-state index is 0.430. The second-order valence-corrected chi connectivity index (χ2v) is 10.3. The number of ether oxygens (including phenoxy) is 1. The van der Waals surface area contributed by atoms with E-state index in [1.807, 2.05) is 64.1 Å². The number of nitrogens with zero attached hydrogens (tertiary/aromatic N) is 1. The molecule has 0 spiro atoms. The quantitative estimate of drug-likeness (QED) is 0.497. The lowest BCUT2D eigenvalue weighted by Crippen LogP contribution is -2.52. The van der Waals surface area contributed by atoms with E-state index in [1.165, 1.54) is 11.9 Å². The molecule has 0 bridgehead atoms. The van der Waals surface area contributed by atoms with Crippen molar-refractivity contribution in [2.75, 3.05) is 12.4 Å². The molecule has 0 fully saturated rings. The molecule has 4 N–H and O–H groups in total. The van der Waals surface area contributed by atoms with Crippen LogP contribution in [0.1, 0.15) is 61.1 Å². The summed E-state index contributed by atoms with van der Waals surface area (Å²) in [4.78, 5) is 53.0. The molecule has 9 nitrogen and oxygen atoms in total. The first-order valence-electron chi connectivity index (χ1n) is 12.1. The van der Waals surface area contributed by atoms with Crippen molar-refractivity contribution in [3.8, 4) is 0 Å². The smallest absolute Gasteiger partial charge is 0.408 e. The van der Waals surface area contributed by atoms with Gasteiger partial charge in [-0.1, -0.05) is 36.4 Å². The third kappa shape index (κ3) is 7.80. The SMILES string of the molecule is Cc1cccc(C)c1NC(=O)C(c1c(C)cccc1C)N(C)C(=O)C(CC(N)=O)NC(=O)OC(C)(C)C. The van der Waals surface area contributed by atoms with Gasteiger partial charge in [0.25, 0.3) is 5.91 Å². The van der Waals surface area contributed by atoms with Crippen molar-refractivity contribution in [3.05, 3.63) is 64.2 Å². The molecule has 0 aliphatic heterocycles. The standard InChI is InChI=1S/C28H38N4O5/c1-16-11-9-12-17(2)22(16)24(25(34)31-23-18(3)13-10-14-19(23)4)32(8)26(35)20(15-21(29)33)30-27(36)37-28(5,6)7/h9-14,20,24H,15H2,1-8H3,(H2,29,33)(H,30,36)(H,31,34). The average molecular weight is 511 g/mol. The summed E-state index contributed by atoms with van der Waals surface area (Å²) in [6, 6.07) is 8.89. The molecule has 2 aromatic rings. The number of nitrogens with one attached hydrogen (secondary N) is 2. The first kappa shape index (κ1) is 29.4. The summed E-state index contributed by atoms with van der Waals surface area (Å²) in [6.07, 6.45) is -1.33. The predicted molar refractivity (Wildman–Crippen MR) is 143 cm³/mol. The summed E-state index contributed by atoms with van der Waals surface area (Å²) in [6.45, 7) is 12.5. The van der Waals surface area contributed by atoms with Gasteiger partial charge in [-0.2, -0.15) is 0 Å². The van der Waals surface area contributed by atoms with Crippen LogP contribution in [0.3, 0.4) is 0 Å². The van der Waals surface area contributed by atoms with E-state index in [0.29, 0.717) is 11.3 Å². The van der Waals surface area contributed by atoms with Crippen molar-refractivity contribution in [2.24, 2.45) is 5.73 Å². The number of primary amides is 1. The number of anilines is 1. The van der Waals surface area contributed by atoms with Gasteiger partial charge in [0.15, 0.2) is 0 Å². The molecule has 0 saturated heterocycles. The molecule has 200 valence electrons. The highest BCUT2D eigenvalue weighted by atomic mass is 16.6. The Balaban J connectivity index is 2.51. The summed E-state index contributed by atoms with van der Waals surface area (Å²) in [5.74, 6) is -1.87. The number of hydrogen-bond donors (Lipinski definition) is 3. The van der Waals surface area contributed by atoms with Crippen molar-refractivity contribution in [1.82, 2.24) is 10.2 Å². The zero-order valence-corrected chi connectivity index (χ0v) is 22.9. The molecular formula is C28H38N4O5. The van der Waals surface area contributed by atoms with Gasteiger partial charge in [-0.25, -0.2) is 4.79 Å². The molecule has 2 atom stereocenters. The number of aryl methyl sites for hydroxylation is 4. The first-order valence-corrected chi connectivity index (χ1v) is 12.1. The zero-order valence-electron chi connectivity index (χ0n) is 22.9. The molecule has 2 unspecified atom stereocenters. The maximum absolute atomic E-state index is 13.8. The summed E-state index contributed by atoms with van der Waals surface area (Å²) in [5.41, 5.74) is 9.25. The molecule has 2 aromatic carbocycles. The van der Waals surface area contributed by atoms with Gasteiger partial charge in [-0.3, -0.25) is 14.4 Å². The van der Waals surface area contributed by atoms with Gasteiger partial charge in [-0.15, -0.1) is 0 Å². The van der Waals surface area contributed by atoms with E-state index in [-0.39, 0.29) is 0 Å². The number of likely N-dealkylation sites (N-methyl/N-ethyl adjacent to an activating group) is 1. The van der Waals surface area contributed by atoms with Gasteiger partial charge >= 0.3 is 6.09 Å². The Morgan fingerprint density at radius 3 is 1.86 bits per heavy atom. The van der Waals surface area contributed by atoms with Crippen LogP contribution >= 0.6 is 0 Å².